The molecule has 0 aromatic heterocycles. The first kappa shape index (κ1) is 20.7. The second kappa shape index (κ2) is 7.78. The van der Waals surface area contributed by atoms with E-state index >= 15 is 0 Å². The molecule has 0 bridgehead atoms. The van der Waals surface area contributed by atoms with E-state index in [2.05, 4.69) is 84.0 Å². The van der Waals surface area contributed by atoms with E-state index in [1.807, 2.05) is 24.3 Å². The molecule has 2 heteroatoms. The third kappa shape index (κ3) is 4.87. The normalized spacial score (nSPS) is 13.1. The van der Waals surface area contributed by atoms with Crippen molar-refractivity contribution in [1.82, 2.24) is 0 Å². The summed E-state index contributed by atoms with van der Waals surface area (Å²) in [4.78, 5) is 0. The first-order valence-corrected chi connectivity index (χ1v) is 11.5. The third-order valence-corrected chi connectivity index (χ3v) is 6.87. The molecule has 0 aliphatic carbocycles. The summed E-state index contributed by atoms with van der Waals surface area (Å²) in [6, 6.07) is 21.1. The van der Waals surface area contributed by atoms with Crippen LogP contribution in [-0.4, -0.2) is 20.1 Å². The van der Waals surface area contributed by atoms with Gasteiger partial charge >= 0.3 is 176 Å². The van der Waals surface area contributed by atoms with Crippen LogP contribution in [0.5, 0.6) is 5.75 Å². The molecular weight excluding hydrogens is 407 g/mol. The number of aromatic hydroxyl groups is 1. The fourth-order valence-electron chi connectivity index (χ4n) is 3.21. The van der Waals surface area contributed by atoms with Crippen LogP contribution in [0.1, 0.15) is 52.7 Å². The zero-order valence-electron chi connectivity index (χ0n) is 17.7. The van der Waals surface area contributed by atoms with Crippen LogP contribution in [-0.2, 0) is 5.41 Å². The second-order valence-electron chi connectivity index (χ2n) is 9.43. The van der Waals surface area contributed by atoms with E-state index in [-0.39, 0.29) is 25.8 Å². The molecule has 3 aromatic carbocycles. The summed E-state index contributed by atoms with van der Waals surface area (Å²) in [5.74, 6) is 0.363. The van der Waals surface area contributed by atoms with E-state index in [0.717, 1.165) is 16.3 Å². The van der Waals surface area contributed by atoms with Crippen LogP contribution in [0.15, 0.2) is 66.7 Å². The Hall–Kier alpha value is -2.02. The number of benzene rings is 3. The topological polar surface area (TPSA) is 20.2 Å². The predicted molar refractivity (Wildman–Crippen MR) is 124 cm³/mol. The van der Waals surface area contributed by atoms with E-state index in [4.69, 9.17) is 0 Å². The molecule has 0 aliphatic rings. The second-order valence-corrected chi connectivity index (χ2v) is 11.8. The number of phenols is 1. The minimum atomic E-state index is 0.0336. The molecule has 0 saturated carbocycles. The monoisotopic (exact) mass is 438 g/mol. The number of fused-ring (bicyclic) bond motifs is 1. The van der Waals surface area contributed by atoms with Crippen LogP contribution in [0.4, 0.5) is 0 Å². The van der Waals surface area contributed by atoms with Gasteiger partial charge in [0.25, 0.3) is 0 Å². The number of allylic oxidation sites excluding steroid dienone is 1. The van der Waals surface area contributed by atoms with Gasteiger partial charge in [-0.25, -0.2) is 0 Å². The van der Waals surface area contributed by atoms with Gasteiger partial charge in [0, 0.05) is 0 Å². The molecule has 1 nitrogen and oxygen atoms in total. The van der Waals surface area contributed by atoms with Gasteiger partial charge in [-0.05, 0) is 0 Å². The molecule has 1 N–H and O–H groups in total. The van der Waals surface area contributed by atoms with Crippen molar-refractivity contribution in [1.29, 1.82) is 0 Å². The van der Waals surface area contributed by atoms with Gasteiger partial charge in [-0.2, -0.15) is 0 Å². The van der Waals surface area contributed by atoms with Gasteiger partial charge in [-0.15, -0.1) is 0 Å². The summed E-state index contributed by atoms with van der Waals surface area (Å²) in [5, 5.41) is 13.1. The van der Waals surface area contributed by atoms with Crippen molar-refractivity contribution in [2.24, 2.45) is 5.41 Å². The maximum absolute atomic E-state index is 10.8. The number of phenolic OH excluding ortho intramolecular Hbond substituents is 1. The molecule has 0 atom stereocenters. The van der Waals surface area contributed by atoms with Crippen LogP contribution < -0.4 is 4.46 Å². The molecule has 0 aliphatic heterocycles. The van der Waals surface area contributed by atoms with Crippen LogP contribution in [0.3, 0.4) is 0 Å². The molecule has 28 heavy (non-hydrogen) atoms. The fraction of sp³-hybridized carbons (Fsp3) is 0.308. The Labute approximate surface area is 175 Å². The Balaban J connectivity index is 2.10. The zero-order chi connectivity index (χ0) is 20.5. The van der Waals surface area contributed by atoms with Crippen molar-refractivity contribution in [3.05, 3.63) is 77.9 Å². The molecule has 0 spiro atoms. The fourth-order valence-corrected chi connectivity index (χ4v) is 5.85. The van der Waals surface area contributed by atoms with Gasteiger partial charge in [0.2, 0.25) is 0 Å². The molecule has 3 aromatic rings. The average molecular weight is 437 g/mol. The Morgan fingerprint density at radius 3 is 2.07 bits per heavy atom. The van der Waals surface area contributed by atoms with Crippen LogP contribution in [0.25, 0.3) is 15.2 Å². The van der Waals surface area contributed by atoms with Gasteiger partial charge in [-0.1, -0.05) is 0 Å². The molecule has 0 radical (unpaired) electrons. The van der Waals surface area contributed by atoms with Gasteiger partial charge in [0.1, 0.15) is 0 Å². The van der Waals surface area contributed by atoms with Gasteiger partial charge in [0.15, 0.2) is 0 Å². The Morgan fingerprint density at radius 2 is 1.46 bits per heavy atom. The summed E-state index contributed by atoms with van der Waals surface area (Å²) in [7, 11) is 0. The van der Waals surface area contributed by atoms with E-state index in [1.165, 1.54) is 14.5 Å². The molecule has 0 fully saturated rings. The summed E-state index contributed by atoms with van der Waals surface area (Å²) in [5.41, 5.74) is 2.52. The van der Waals surface area contributed by atoms with Crippen molar-refractivity contribution in [2.45, 2.75) is 47.0 Å². The van der Waals surface area contributed by atoms with Crippen LogP contribution in [0, 0.1) is 5.41 Å². The number of hydrogen-bond donors (Lipinski definition) is 1. The van der Waals surface area contributed by atoms with Gasteiger partial charge < -0.3 is 0 Å². The first-order chi connectivity index (χ1) is 13.0. The molecule has 0 unspecified atom stereocenters. The summed E-state index contributed by atoms with van der Waals surface area (Å²) >= 11 is 0.102. The minimum absolute atomic E-state index is 0.0336. The Morgan fingerprint density at radius 1 is 0.821 bits per heavy atom. The summed E-state index contributed by atoms with van der Waals surface area (Å²) in [6.07, 6.45) is 2.33. The van der Waals surface area contributed by atoms with Gasteiger partial charge in [-0.3, -0.25) is 0 Å². The van der Waals surface area contributed by atoms with E-state index in [9.17, 15) is 5.11 Å². The zero-order valence-corrected chi connectivity index (χ0v) is 19.4. The molecule has 0 heterocycles. The summed E-state index contributed by atoms with van der Waals surface area (Å²) < 4.78 is 2.56. The Kier molecular flexibility index (Phi) is 5.75. The predicted octanol–water partition coefficient (Wildman–Crippen LogP) is 6.26. The van der Waals surface area contributed by atoms with E-state index in [0.29, 0.717) is 5.75 Å². The first-order valence-electron chi connectivity index (χ1n) is 9.77. The van der Waals surface area contributed by atoms with Crippen LogP contribution in [0.2, 0.25) is 0 Å². The maximum atomic E-state index is 10.8. The van der Waals surface area contributed by atoms with Crippen molar-refractivity contribution < 1.29 is 5.11 Å². The molecule has 3 rings (SSSR count). The van der Waals surface area contributed by atoms with E-state index < -0.39 is 0 Å². The van der Waals surface area contributed by atoms with Gasteiger partial charge in [0.05, 0.1) is 0 Å². The van der Waals surface area contributed by atoms with Crippen molar-refractivity contribution in [3.8, 4) is 5.75 Å². The third-order valence-electron chi connectivity index (χ3n) is 4.67. The molecule has 0 amide bonds. The average Bonchev–Trinajstić information content (AvgIpc) is 2.59. The molecule has 146 valence electrons. The van der Waals surface area contributed by atoms with E-state index in [1.54, 1.807) is 0 Å². The molecule has 0 saturated heterocycles. The quantitative estimate of drug-likeness (QED) is 0.480. The van der Waals surface area contributed by atoms with Crippen molar-refractivity contribution >= 4 is 34.7 Å². The Bertz CT molecular complexity index is 999. The standard InChI is InChI=1S/C26H30OSe/c1-25(2,3)17-23(28-20-14-12-19(13-15-20)26(4,5)6)24-21-10-8-7-9-18(21)11-16-22(24)27/h7-17,27H,1-6H3/b23-17+. The van der Waals surface area contributed by atoms with Crippen LogP contribution >= 0.6 is 0 Å². The number of rotatable bonds is 3. The SMILES string of the molecule is CC(C)(C)/C=C(/[Se]c1ccc(C(C)(C)C)cc1)c1c(O)ccc2ccccc12. The molecular formula is C26H30OSe. The van der Waals surface area contributed by atoms with Crippen molar-refractivity contribution in [2.75, 3.05) is 0 Å². The van der Waals surface area contributed by atoms with Crippen molar-refractivity contribution in [3.63, 3.8) is 0 Å². The summed E-state index contributed by atoms with van der Waals surface area (Å²) in [6.45, 7) is 13.4. The number of hydrogen-bond acceptors (Lipinski definition) is 1.